The van der Waals surface area contributed by atoms with E-state index in [1.54, 1.807) is 0 Å². The molecule has 0 aliphatic carbocycles. The Morgan fingerprint density at radius 2 is 1.26 bits per heavy atom. The topological polar surface area (TPSA) is 32.3 Å². The summed E-state index contributed by atoms with van der Waals surface area (Å²) in [5, 5.41) is 12.2. The zero-order valence-electron chi connectivity index (χ0n) is 13.0. The Kier molecular flexibility index (Phi) is 15.4. The van der Waals surface area contributed by atoms with Crippen LogP contribution >= 0.6 is 0 Å². The van der Waals surface area contributed by atoms with Crippen LogP contribution in [0.3, 0.4) is 0 Å². The lowest BCUT2D eigenvalue weighted by molar-refractivity contribution is 0.184. The second-order valence-corrected chi connectivity index (χ2v) is 5.52. The summed E-state index contributed by atoms with van der Waals surface area (Å²) in [7, 11) is 0. The third kappa shape index (κ3) is 15.6. The molecule has 0 rings (SSSR count). The van der Waals surface area contributed by atoms with E-state index in [4.69, 9.17) is 0 Å². The average Bonchev–Trinajstić information content (AvgIpc) is 2.43. The standard InChI is InChI=1S/C17H35NO/c1-3-5-6-7-8-9-10-11-12-13-14-15-16-18-17(19)4-2/h4,17-19H,2-3,5-16H2,1H3. The molecular weight excluding hydrogens is 234 g/mol. The maximum Gasteiger partial charge on any atom is 0.123 e. The first-order chi connectivity index (χ1) is 9.31. The minimum atomic E-state index is -0.535. The van der Waals surface area contributed by atoms with E-state index in [0.29, 0.717) is 0 Å². The van der Waals surface area contributed by atoms with Gasteiger partial charge in [-0.2, -0.15) is 0 Å². The normalized spacial score (nSPS) is 12.5. The minimum Gasteiger partial charge on any atom is -0.375 e. The summed E-state index contributed by atoms with van der Waals surface area (Å²) in [6.45, 7) is 6.69. The average molecular weight is 269 g/mol. The Morgan fingerprint density at radius 1 is 0.842 bits per heavy atom. The quantitative estimate of drug-likeness (QED) is 0.255. The summed E-state index contributed by atoms with van der Waals surface area (Å²) in [6.07, 6.45) is 17.4. The summed E-state index contributed by atoms with van der Waals surface area (Å²) < 4.78 is 0. The van der Waals surface area contributed by atoms with Gasteiger partial charge in [-0.15, -0.1) is 0 Å². The highest BCUT2D eigenvalue weighted by Gasteiger charge is 1.96. The second-order valence-electron chi connectivity index (χ2n) is 5.52. The molecule has 0 aromatic carbocycles. The third-order valence-corrected chi connectivity index (χ3v) is 3.61. The monoisotopic (exact) mass is 269 g/mol. The van der Waals surface area contributed by atoms with E-state index < -0.39 is 6.23 Å². The predicted octanol–water partition coefficient (Wildman–Crippen LogP) is 4.78. The van der Waals surface area contributed by atoms with E-state index in [1.807, 2.05) is 0 Å². The lowest BCUT2D eigenvalue weighted by Gasteiger charge is -2.07. The molecule has 0 bridgehead atoms. The van der Waals surface area contributed by atoms with Crippen LogP contribution in [0.4, 0.5) is 0 Å². The molecule has 2 heteroatoms. The Hall–Kier alpha value is -0.340. The summed E-state index contributed by atoms with van der Waals surface area (Å²) in [5.74, 6) is 0. The SMILES string of the molecule is C=CC(O)NCCCCCCCCCCCCCC. The third-order valence-electron chi connectivity index (χ3n) is 3.61. The van der Waals surface area contributed by atoms with Gasteiger partial charge in [-0.25, -0.2) is 0 Å². The number of aliphatic hydroxyl groups is 1. The molecule has 0 amide bonds. The molecule has 0 heterocycles. The van der Waals surface area contributed by atoms with Crippen molar-refractivity contribution >= 4 is 0 Å². The van der Waals surface area contributed by atoms with Gasteiger partial charge in [-0.3, -0.25) is 5.32 Å². The number of aliphatic hydroxyl groups excluding tert-OH is 1. The van der Waals surface area contributed by atoms with Gasteiger partial charge in [-0.05, 0) is 19.0 Å². The fourth-order valence-electron chi connectivity index (χ4n) is 2.30. The van der Waals surface area contributed by atoms with Crippen LogP contribution in [0.25, 0.3) is 0 Å². The highest BCUT2D eigenvalue weighted by Crippen LogP contribution is 2.11. The maximum absolute atomic E-state index is 9.21. The van der Waals surface area contributed by atoms with Gasteiger partial charge in [0.25, 0.3) is 0 Å². The van der Waals surface area contributed by atoms with Crippen LogP contribution in [0.1, 0.15) is 84.0 Å². The number of rotatable bonds is 15. The van der Waals surface area contributed by atoms with Crippen LogP contribution in [0.5, 0.6) is 0 Å². The largest absolute Gasteiger partial charge is 0.375 e. The molecule has 0 radical (unpaired) electrons. The maximum atomic E-state index is 9.21. The molecule has 0 aliphatic rings. The zero-order valence-corrected chi connectivity index (χ0v) is 13.0. The van der Waals surface area contributed by atoms with Crippen molar-refractivity contribution in [1.82, 2.24) is 5.32 Å². The number of nitrogens with one attached hydrogen (secondary N) is 1. The van der Waals surface area contributed by atoms with Crippen molar-refractivity contribution in [3.05, 3.63) is 12.7 Å². The predicted molar refractivity (Wildman–Crippen MR) is 85.3 cm³/mol. The Bertz CT molecular complexity index is 182. The molecule has 2 N–H and O–H groups in total. The van der Waals surface area contributed by atoms with Crippen molar-refractivity contribution in [1.29, 1.82) is 0 Å². The van der Waals surface area contributed by atoms with E-state index in [9.17, 15) is 5.11 Å². The van der Waals surface area contributed by atoms with Gasteiger partial charge in [0.1, 0.15) is 6.23 Å². The van der Waals surface area contributed by atoms with Gasteiger partial charge in [0.15, 0.2) is 0 Å². The molecule has 0 aromatic heterocycles. The molecular formula is C17H35NO. The molecule has 0 aromatic rings. The Morgan fingerprint density at radius 3 is 1.68 bits per heavy atom. The van der Waals surface area contributed by atoms with Crippen molar-refractivity contribution in [2.24, 2.45) is 0 Å². The summed E-state index contributed by atoms with van der Waals surface area (Å²) in [5.41, 5.74) is 0. The van der Waals surface area contributed by atoms with Crippen molar-refractivity contribution in [3.63, 3.8) is 0 Å². The molecule has 1 atom stereocenters. The van der Waals surface area contributed by atoms with Crippen LogP contribution in [-0.2, 0) is 0 Å². The van der Waals surface area contributed by atoms with E-state index in [-0.39, 0.29) is 0 Å². The first kappa shape index (κ1) is 18.7. The van der Waals surface area contributed by atoms with Crippen molar-refractivity contribution in [2.45, 2.75) is 90.2 Å². The van der Waals surface area contributed by atoms with Gasteiger partial charge in [-0.1, -0.05) is 84.1 Å². The highest BCUT2D eigenvalue weighted by molar-refractivity contribution is 4.75. The number of unbranched alkanes of at least 4 members (excludes halogenated alkanes) is 11. The van der Waals surface area contributed by atoms with Crippen LogP contribution in [0.2, 0.25) is 0 Å². The van der Waals surface area contributed by atoms with E-state index in [2.05, 4.69) is 18.8 Å². The molecule has 0 fully saturated rings. The van der Waals surface area contributed by atoms with Crippen molar-refractivity contribution in [2.75, 3.05) is 6.54 Å². The van der Waals surface area contributed by atoms with Gasteiger partial charge in [0, 0.05) is 0 Å². The Balaban J connectivity index is 2.97. The first-order valence-electron chi connectivity index (χ1n) is 8.35. The van der Waals surface area contributed by atoms with Gasteiger partial charge >= 0.3 is 0 Å². The van der Waals surface area contributed by atoms with E-state index in [0.717, 1.165) is 13.0 Å². The number of hydrogen-bond donors (Lipinski definition) is 2. The fourth-order valence-corrected chi connectivity index (χ4v) is 2.30. The Labute approximate surface area is 120 Å². The van der Waals surface area contributed by atoms with E-state index in [1.165, 1.54) is 76.7 Å². The molecule has 0 aliphatic heterocycles. The molecule has 19 heavy (non-hydrogen) atoms. The summed E-state index contributed by atoms with van der Waals surface area (Å²) >= 11 is 0. The van der Waals surface area contributed by atoms with Gasteiger partial charge in [0.2, 0.25) is 0 Å². The lowest BCUT2D eigenvalue weighted by atomic mass is 10.1. The van der Waals surface area contributed by atoms with Gasteiger partial charge in [0.05, 0.1) is 0 Å². The summed E-state index contributed by atoms with van der Waals surface area (Å²) in [6, 6.07) is 0. The lowest BCUT2D eigenvalue weighted by Crippen LogP contribution is -2.27. The zero-order chi connectivity index (χ0) is 14.2. The molecule has 114 valence electrons. The van der Waals surface area contributed by atoms with Crippen LogP contribution in [-0.4, -0.2) is 17.9 Å². The minimum absolute atomic E-state index is 0.535. The van der Waals surface area contributed by atoms with Crippen molar-refractivity contribution < 1.29 is 5.11 Å². The van der Waals surface area contributed by atoms with Crippen LogP contribution in [0, 0.1) is 0 Å². The van der Waals surface area contributed by atoms with Crippen LogP contribution < -0.4 is 5.32 Å². The molecule has 0 saturated carbocycles. The smallest absolute Gasteiger partial charge is 0.123 e. The highest BCUT2D eigenvalue weighted by atomic mass is 16.3. The molecule has 1 unspecified atom stereocenters. The summed E-state index contributed by atoms with van der Waals surface area (Å²) in [4.78, 5) is 0. The fraction of sp³-hybridized carbons (Fsp3) is 0.882. The van der Waals surface area contributed by atoms with Gasteiger partial charge < -0.3 is 5.11 Å². The molecule has 0 spiro atoms. The van der Waals surface area contributed by atoms with Crippen LogP contribution in [0.15, 0.2) is 12.7 Å². The second kappa shape index (κ2) is 15.7. The molecule has 2 nitrogen and oxygen atoms in total. The van der Waals surface area contributed by atoms with E-state index >= 15 is 0 Å². The van der Waals surface area contributed by atoms with Crippen molar-refractivity contribution in [3.8, 4) is 0 Å². The number of hydrogen-bond acceptors (Lipinski definition) is 2. The first-order valence-corrected chi connectivity index (χ1v) is 8.35. The molecule has 0 saturated heterocycles.